The molecule has 0 aliphatic carbocycles. The highest BCUT2D eigenvalue weighted by atomic mass is 16.5. The SMILES string of the molecule is COCCNC(=NCC(=O)N(C)C)NCc1cc(C(C)C)no1. The number of ether oxygens (including phenoxy) is 1. The van der Waals surface area contributed by atoms with Crippen molar-refractivity contribution in [3.05, 3.63) is 17.5 Å². The van der Waals surface area contributed by atoms with E-state index in [0.717, 1.165) is 5.69 Å². The average molecular weight is 325 g/mol. The van der Waals surface area contributed by atoms with Crippen LogP contribution in [0.1, 0.15) is 31.2 Å². The molecule has 0 saturated heterocycles. The van der Waals surface area contributed by atoms with E-state index in [9.17, 15) is 4.79 Å². The molecule has 0 aliphatic heterocycles. The molecule has 1 amide bonds. The monoisotopic (exact) mass is 325 g/mol. The van der Waals surface area contributed by atoms with Crippen LogP contribution in [0.4, 0.5) is 0 Å². The van der Waals surface area contributed by atoms with Gasteiger partial charge in [0, 0.05) is 33.8 Å². The molecular formula is C15H27N5O3. The minimum atomic E-state index is -0.0698. The van der Waals surface area contributed by atoms with E-state index in [1.54, 1.807) is 21.2 Å². The maximum atomic E-state index is 11.6. The topological polar surface area (TPSA) is 92.0 Å². The van der Waals surface area contributed by atoms with Crippen LogP contribution in [0.25, 0.3) is 0 Å². The number of nitrogens with zero attached hydrogens (tertiary/aromatic N) is 3. The van der Waals surface area contributed by atoms with Gasteiger partial charge in [0.25, 0.3) is 0 Å². The first kappa shape index (κ1) is 19.0. The number of methoxy groups -OCH3 is 1. The van der Waals surface area contributed by atoms with Crippen molar-refractivity contribution in [1.82, 2.24) is 20.7 Å². The van der Waals surface area contributed by atoms with Crippen molar-refractivity contribution in [3.8, 4) is 0 Å². The predicted molar refractivity (Wildman–Crippen MR) is 88.3 cm³/mol. The van der Waals surface area contributed by atoms with Gasteiger partial charge in [0.2, 0.25) is 5.91 Å². The summed E-state index contributed by atoms with van der Waals surface area (Å²) < 4.78 is 10.3. The first-order valence-electron chi connectivity index (χ1n) is 7.60. The lowest BCUT2D eigenvalue weighted by atomic mass is 10.1. The van der Waals surface area contributed by atoms with Crippen molar-refractivity contribution in [1.29, 1.82) is 0 Å². The van der Waals surface area contributed by atoms with Crippen LogP contribution in [0.5, 0.6) is 0 Å². The normalized spacial score (nSPS) is 11.7. The van der Waals surface area contributed by atoms with Gasteiger partial charge in [-0.25, -0.2) is 4.99 Å². The number of carbonyl (C=O) groups excluding carboxylic acids is 1. The van der Waals surface area contributed by atoms with Crippen LogP contribution in [-0.2, 0) is 16.1 Å². The summed E-state index contributed by atoms with van der Waals surface area (Å²) >= 11 is 0. The maximum Gasteiger partial charge on any atom is 0.243 e. The first-order chi connectivity index (χ1) is 10.9. The largest absolute Gasteiger partial charge is 0.383 e. The van der Waals surface area contributed by atoms with Crippen LogP contribution < -0.4 is 10.6 Å². The highest BCUT2D eigenvalue weighted by molar-refractivity contribution is 5.84. The fourth-order valence-electron chi connectivity index (χ4n) is 1.59. The summed E-state index contributed by atoms with van der Waals surface area (Å²) in [5.41, 5.74) is 0.912. The number of likely N-dealkylation sites (N-methyl/N-ethyl adjacent to an activating group) is 1. The van der Waals surface area contributed by atoms with Gasteiger partial charge in [0.1, 0.15) is 6.54 Å². The van der Waals surface area contributed by atoms with E-state index in [0.29, 0.717) is 37.3 Å². The van der Waals surface area contributed by atoms with E-state index < -0.39 is 0 Å². The minimum absolute atomic E-state index is 0.0698. The van der Waals surface area contributed by atoms with Gasteiger partial charge in [-0.3, -0.25) is 4.79 Å². The molecule has 23 heavy (non-hydrogen) atoms. The van der Waals surface area contributed by atoms with Gasteiger partial charge in [-0.15, -0.1) is 0 Å². The van der Waals surface area contributed by atoms with Crippen LogP contribution in [0.15, 0.2) is 15.6 Å². The van der Waals surface area contributed by atoms with Crippen molar-refractivity contribution in [2.45, 2.75) is 26.3 Å². The molecule has 0 unspecified atom stereocenters. The molecule has 0 aliphatic rings. The fraction of sp³-hybridized carbons (Fsp3) is 0.667. The number of hydrogen-bond acceptors (Lipinski definition) is 5. The minimum Gasteiger partial charge on any atom is -0.383 e. The van der Waals surface area contributed by atoms with E-state index in [4.69, 9.17) is 9.26 Å². The number of rotatable bonds is 8. The molecule has 0 fully saturated rings. The second-order valence-electron chi connectivity index (χ2n) is 5.60. The lowest BCUT2D eigenvalue weighted by Crippen LogP contribution is -2.39. The molecule has 0 radical (unpaired) electrons. The van der Waals surface area contributed by atoms with Crippen molar-refractivity contribution in [3.63, 3.8) is 0 Å². The lowest BCUT2D eigenvalue weighted by Gasteiger charge is -2.12. The van der Waals surface area contributed by atoms with Gasteiger partial charge >= 0.3 is 0 Å². The summed E-state index contributed by atoms with van der Waals surface area (Å²) in [5, 5.41) is 10.2. The van der Waals surface area contributed by atoms with Crippen molar-refractivity contribution in [2.75, 3.05) is 40.9 Å². The molecule has 1 rings (SSSR count). The first-order valence-corrected chi connectivity index (χ1v) is 7.60. The Balaban J connectivity index is 2.59. The number of nitrogens with one attached hydrogen (secondary N) is 2. The summed E-state index contributed by atoms with van der Waals surface area (Å²) in [6.45, 7) is 5.76. The number of guanidine groups is 1. The van der Waals surface area contributed by atoms with Crippen LogP contribution in [0.3, 0.4) is 0 Å². The van der Waals surface area contributed by atoms with E-state index in [1.165, 1.54) is 4.90 Å². The third-order valence-electron chi connectivity index (χ3n) is 3.07. The van der Waals surface area contributed by atoms with Crippen molar-refractivity contribution in [2.24, 2.45) is 4.99 Å². The number of aromatic nitrogens is 1. The Kier molecular flexibility index (Phi) is 8.10. The molecule has 0 aromatic carbocycles. The molecule has 2 N–H and O–H groups in total. The number of carbonyl (C=O) groups is 1. The molecular weight excluding hydrogens is 298 g/mol. The highest BCUT2D eigenvalue weighted by Gasteiger charge is 2.09. The van der Waals surface area contributed by atoms with Crippen molar-refractivity contribution >= 4 is 11.9 Å². The van der Waals surface area contributed by atoms with Crippen LogP contribution >= 0.6 is 0 Å². The number of aliphatic imine (C=N–C) groups is 1. The summed E-state index contributed by atoms with van der Waals surface area (Å²) in [6, 6.07) is 1.91. The zero-order valence-corrected chi connectivity index (χ0v) is 14.5. The second kappa shape index (κ2) is 9.83. The second-order valence-corrected chi connectivity index (χ2v) is 5.60. The van der Waals surface area contributed by atoms with Crippen molar-refractivity contribution < 1.29 is 14.1 Å². The summed E-state index contributed by atoms with van der Waals surface area (Å²) in [7, 11) is 5.03. The highest BCUT2D eigenvalue weighted by Crippen LogP contribution is 2.13. The van der Waals surface area contributed by atoms with Gasteiger partial charge in [0.05, 0.1) is 18.8 Å². The smallest absolute Gasteiger partial charge is 0.243 e. The van der Waals surface area contributed by atoms with E-state index in [-0.39, 0.29) is 12.5 Å². The molecule has 0 spiro atoms. The van der Waals surface area contributed by atoms with E-state index in [2.05, 4.69) is 34.6 Å². The fourth-order valence-corrected chi connectivity index (χ4v) is 1.59. The van der Waals surface area contributed by atoms with Gasteiger partial charge in [-0.1, -0.05) is 19.0 Å². The Labute approximate surface area is 137 Å². The molecule has 0 saturated carbocycles. The van der Waals surface area contributed by atoms with Gasteiger partial charge in [0.15, 0.2) is 11.7 Å². The zero-order valence-electron chi connectivity index (χ0n) is 14.5. The Morgan fingerprint density at radius 1 is 1.43 bits per heavy atom. The Morgan fingerprint density at radius 2 is 2.17 bits per heavy atom. The standard InChI is InChI=1S/C15H27N5O3/c1-11(2)13-8-12(23-19-13)9-17-15(16-6-7-22-5)18-10-14(21)20(3)4/h8,11H,6-7,9-10H2,1-5H3,(H2,16,17,18). The molecule has 130 valence electrons. The third-order valence-corrected chi connectivity index (χ3v) is 3.07. The third kappa shape index (κ3) is 7.14. The van der Waals surface area contributed by atoms with Crippen LogP contribution in [0.2, 0.25) is 0 Å². The average Bonchev–Trinajstić information content (AvgIpc) is 2.98. The lowest BCUT2D eigenvalue weighted by molar-refractivity contribution is -0.127. The molecule has 8 heteroatoms. The molecule has 8 nitrogen and oxygen atoms in total. The molecule has 1 aromatic rings. The maximum absolute atomic E-state index is 11.6. The quantitative estimate of drug-likeness (QED) is 0.412. The number of hydrogen-bond donors (Lipinski definition) is 2. The van der Waals surface area contributed by atoms with Gasteiger partial charge < -0.3 is 24.8 Å². The number of amides is 1. The van der Waals surface area contributed by atoms with Crippen LogP contribution in [0, 0.1) is 0 Å². The molecule has 1 heterocycles. The Hall–Kier alpha value is -2.09. The summed E-state index contributed by atoms with van der Waals surface area (Å²) in [5.74, 6) is 1.49. The zero-order chi connectivity index (χ0) is 17.2. The Bertz CT molecular complexity index is 511. The van der Waals surface area contributed by atoms with Crippen LogP contribution in [-0.4, -0.2) is 62.8 Å². The molecule has 1 aromatic heterocycles. The predicted octanol–water partition coefficient (Wildman–Crippen LogP) is 0.568. The molecule has 0 bridgehead atoms. The van der Waals surface area contributed by atoms with E-state index in [1.807, 2.05) is 6.07 Å². The van der Waals surface area contributed by atoms with Gasteiger partial charge in [-0.05, 0) is 5.92 Å². The Morgan fingerprint density at radius 3 is 2.74 bits per heavy atom. The molecule has 0 atom stereocenters. The summed E-state index contributed by atoms with van der Waals surface area (Å²) in [4.78, 5) is 17.4. The van der Waals surface area contributed by atoms with Gasteiger partial charge in [-0.2, -0.15) is 0 Å². The van der Waals surface area contributed by atoms with E-state index >= 15 is 0 Å². The summed E-state index contributed by atoms with van der Waals surface area (Å²) in [6.07, 6.45) is 0.